The summed E-state index contributed by atoms with van der Waals surface area (Å²) < 4.78 is 5.40. The summed E-state index contributed by atoms with van der Waals surface area (Å²) in [6.07, 6.45) is 0. The smallest absolute Gasteiger partial charge is 0.230 e. The van der Waals surface area contributed by atoms with Crippen molar-refractivity contribution in [3.63, 3.8) is 0 Å². The van der Waals surface area contributed by atoms with Crippen molar-refractivity contribution in [2.75, 3.05) is 12.9 Å². The molecule has 4 aromatic rings. The van der Waals surface area contributed by atoms with Crippen LogP contribution >= 0.6 is 23.1 Å². The number of methoxy groups -OCH3 is 1. The molecular weight excluding hydrogens is 414 g/mol. The lowest BCUT2D eigenvalue weighted by atomic mass is 10.1. The van der Waals surface area contributed by atoms with Gasteiger partial charge in [-0.15, -0.1) is 11.3 Å². The molecule has 2 aromatic carbocycles. The van der Waals surface area contributed by atoms with Crippen LogP contribution in [0.4, 0.5) is 0 Å². The largest absolute Gasteiger partial charge is 0.496 e. The first-order valence-corrected chi connectivity index (χ1v) is 11.4. The third-order valence-corrected chi connectivity index (χ3v) is 6.49. The van der Waals surface area contributed by atoms with Crippen molar-refractivity contribution in [3.8, 4) is 16.5 Å². The highest BCUT2D eigenvalue weighted by atomic mass is 32.2. The van der Waals surface area contributed by atoms with E-state index in [1.165, 1.54) is 11.8 Å². The molecule has 0 aliphatic carbocycles. The van der Waals surface area contributed by atoms with Crippen molar-refractivity contribution in [2.24, 2.45) is 0 Å². The van der Waals surface area contributed by atoms with Crippen LogP contribution in [-0.4, -0.2) is 28.7 Å². The van der Waals surface area contributed by atoms with Gasteiger partial charge >= 0.3 is 0 Å². The molecule has 0 aliphatic heterocycles. The highest BCUT2D eigenvalue weighted by Crippen LogP contribution is 2.30. The van der Waals surface area contributed by atoms with Crippen molar-refractivity contribution in [2.45, 2.75) is 18.0 Å². The predicted molar refractivity (Wildman–Crippen MR) is 123 cm³/mol. The zero-order valence-electron chi connectivity index (χ0n) is 16.7. The summed E-state index contributed by atoms with van der Waals surface area (Å²) in [4.78, 5) is 23.1. The molecule has 0 spiro atoms. The fourth-order valence-electron chi connectivity index (χ4n) is 3.19. The molecule has 1 N–H and O–H groups in total. The average molecular weight is 436 g/mol. The van der Waals surface area contributed by atoms with Crippen molar-refractivity contribution in [1.29, 1.82) is 0 Å². The van der Waals surface area contributed by atoms with Crippen LogP contribution in [0, 0.1) is 0 Å². The topological polar surface area (TPSA) is 64.1 Å². The lowest BCUT2D eigenvalue weighted by Gasteiger charge is -2.17. The number of para-hydroxylation sites is 2. The molecule has 7 heteroatoms. The van der Waals surface area contributed by atoms with E-state index in [0.29, 0.717) is 5.82 Å². The number of hydrogen-bond donors (Lipinski definition) is 1. The van der Waals surface area contributed by atoms with Gasteiger partial charge in [-0.1, -0.05) is 54.2 Å². The molecule has 5 nitrogen and oxygen atoms in total. The number of amides is 1. The lowest BCUT2D eigenvalue weighted by molar-refractivity contribution is -0.119. The van der Waals surface area contributed by atoms with E-state index in [0.717, 1.165) is 32.1 Å². The van der Waals surface area contributed by atoms with Gasteiger partial charge < -0.3 is 10.1 Å². The Labute approximate surface area is 183 Å². The van der Waals surface area contributed by atoms with Crippen LogP contribution in [-0.2, 0) is 4.79 Å². The molecule has 1 atom stereocenters. The van der Waals surface area contributed by atoms with Gasteiger partial charge in [0.25, 0.3) is 0 Å². The van der Waals surface area contributed by atoms with Gasteiger partial charge in [0.2, 0.25) is 5.91 Å². The van der Waals surface area contributed by atoms with Gasteiger partial charge in [0.05, 0.1) is 29.3 Å². The van der Waals surface area contributed by atoms with Crippen LogP contribution in [0.1, 0.15) is 18.5 Å². The molecule has 2 aromatic heterocycles. The predicted octanol–water partition coefficient (Wildman–Crippen LogP) is 5.34. The number of hydrogen-bond acceptors (Lipinski definition) is 6. The molecule has 1 amide bonds. The fraction of sp³-hybridized carbons (Fsp3) is 0.174. The van der Waals surface area contributed by atoms with E-state index < -0.39 is 0 Å². The molecule has 0 radical (unpaired) electrons. The van der Waals surface area contributed by atoms with Crippen LogP contribution in [0.15, 0.2) is 71.1 Å². The molecule has 0 saturated heterocycles. The molecule has 30 heavy (non-hydrogen) atoms. The quantitative estimate of drug-likeness (QED) is 0.314. The Hall–Kier alpha value is -2.90. The van der Waals surface area contributed by atoms with Crippen molar-refractivity contribution < 1.29 is 9.53 Å². The molecule has 0 fully saturated rings. The Morgan fingerprint density at radius 2 is 1.90 bits per heavy atom. The summed E-state index contributed by atoms with van der Waals surface area (Å²) in [5.74, 6) is 1.66. The fourth-order valence-corrected chi connectivity index (χ4v) is 4.68. The third-order valence-electron chi connectivity index (χ3n) is 4.63. The van der Waals surface area contributed by atoms with E-state index in [4.69, 9.17) is 9.72 Å². The Balaban J connectivity index is 1.51. The number of thioether (sulfide) groups is 1. The maximum Gasteiger partial charge on any atom is 0.230 e. The van der Waals surface area contributed by atoms with Gasteiger partial charge in [-0.3, -0.25) is 4.79 Å². The number of carbonyl (C=O) groups excluding carboxylic acids is 1. The van der Waals surface area contributed by atoms with Gasteiger partial charge in [0.15, 0.2) is 5.82 Å². The first kappa shape index (κ1) is 20.4. The zero-order chi connectivity index (χ0) is 20.9. The minimum Gasteiger partial charge on any atom is -0.496 e. The number of thiophene rings is 1. The maximum atomic E-state index is 12.6. The first-order valence-electron chi connectivity index (χ1n) is 9.51. The van der Waals surface area contributed by atoms with Crippen LogP contribution in [0.3, 0.4) is 0 Å². The van der Waals surface area contributed by atoms with Crippen LogP contribution < -0.4 is 10.1 Å². The monoisotopic (exact) mass is 435 g/mol. The number of ether oxygens (including phenoxy) is 1. The van der Waals surface area contributed by atoms with Crippen molar-refractivity contribution >= 4 is 39.9 Å². The first-order chi connectivity index (χ1) is 14.7. The number of aromatic nitrogens is 2. The molecular formula is C23H21N3O2S2. The molecule has 4 rings (SSSR count). The van der Waals surface area contributed by atoms with E-state index in [9.17, 15) is 4.79 Å². The lowest BCUT2D eigenvalue weighted by Crippen LogP contribution is -2.28. The Kier molecular flexibility index (Phi) is 6.30. The standard InChI is InChI=1S/C23H21N3O2S2/c1-15(16-8-4-6-11-19(16)28-2)24-21(27)14-30-23-17-9-3-5-10-18(17)25-22(26-23)20-12-7-13-29-20/h3-13,15H,14H2,1-2H3,(H,24,27)/t15-/m0/s1. The minimum atomic E-state index is -0.155. The summed E-state index contributed by atoms with van der Waals surface area (Å²) >= 11 is 3.03. The van der Waals surface area contributed by atoms with E-state index >= 15 is 0 Å². The summed E-state index contributed by atoms with van der Waals surface area (Å²) in [5, 5.41) is 6.82. The van der Waals surface area contributed by atoms with Crippen molar-refractivity contribution in [1.82, 2.24) is 15.3 Å². The number of rotatable bonds is 7. The second-order valence-electron chi connectivity index (χ2n) is 6.67. The SMILES string of the molecule is COc1ccccc1[C@H](C)NC(=O)CSc1nc(-c2cccs2)nc2ccccc12. The van der Waals surface area contributed by atoms with Gasteiger partial charge in [-0.25, -0.2) is 9.97 Å². The molecule has 2 heterocycles. The molecule has 0 unspecified atom stereocenters. The summed E-state index contributed by atoms with van der Waals surface area (Å²) in [6.45, 7) is 1.95. The van der Waals surface area contributed by atoms with E-state index in [2.05, 4.69) is 10.3 Å². The molecule has 0 bridgehead atoms. The number of fused-ring (bicyclic) bond motifs is 1. The Morgan fingerprint density at radius 3 is 2.70 bits per heavy atom. The summed E-state index contributed by atoms with van der Waals surface area (Å²) in [7, 11) is 1.63. The highest BCUT2D eigenvalue weighted by Gasteiger charge is 2.16. The number of carbonyl (C=O) groups is 1. The van der Waals surface area contributed by atoms with Gasteiger partial charge in [0.1, 0.15) is 10.8 Å². The molecule has 152 valence electrons. The summed E-state index contributed by atoms with van der Waals surface area (Å²) in [6, 6.07) is 19.4. The molecule has 0 aliphatic rings. The van der Waals surface area contributed by atoms with Crippen molar-refractivity contribution in [3.05, 3.63) is 71.6 Å². The maximum absolute atomic E-state index is 12.6. The Morgan fingerprint density at radius 1 is 1.10 bits per heavy atom. The molecule has 0 saturated carbocycles. The zero-order valence-corrected chi connectivity index (χ0v) is 18.3. The second-order valence-corrected chi connectivity index (χ2v) is 8.58. The van der Waals surface area contributed by atoms with E-state index in [1.54, 1.807) is 18.4 Å². The summed E-state index contributed by atoms with van der Waals surface area (Å²) in [5.41, 5.74) is 1.83. The number of nitrogens with zero attached hydrogens (tertiary/aromatic N) is 2. The van der Waals surface area contributed by atoms with E-state index in [1.807, 2.05) is 73.0 Å². The highest BCUT2D eigenvalue weighted by molar-refractivity contribution is 8.00. The average Bonchev–Trinajstić information content (AvgIpc) is 3.32. The van der Waals surface area contributed by atoms with Crippen LogP contribution in [0.2, 0.25) is 0 Å². The normalized spacial score (nSPS) is 11.9. The van der Waals surface area contributed by atoms with Gasteiger partial charge in [-0.05, 0) is 30.5 Å². The van der Waals surface area contributed by atoms with Crippen LogP contribution in [0.25, 0.3) is 21.6 Å². The minimum absolute atomic E-state index is 0.0567. The Bertz CT molecular complexity index is 1160. The van der Waals surface area contributed by atoms with Gasteiger partial charge in [-0.2, -0.15) is 0 Å². The number of benzene rings is 2. The second kappa shape index (κ2) is 9.28. The van der Waals surface area contributed by atoms with E-state index in [-0.39, 0.29) is 17.7 Å². The van der Waals surface area contributed by atoms with Crippen LogP contribution in [0.5, 0.6) is 5.75 Å². The number of nitrogens with one attached hydrogen (secondary N) is 1. The third kappa shape index (κ3) is 4.47. The van der Waals surface area contributed by atoms with Gasteiger partial charge in [0, 0.05) is 10.9 Å².